The highest BCUT2D eigenvalue weighted by Crippen LogP contribution is 2.24. The summed E-state index contributed by atoms with van der Waals surface area (Å²) in [5.41, 5.74) is 2.66. The van der Waals surface area contributed by atoms with Gasteiger partial charge >= 0.3 is 0 Å². The third kappa shape index (κ3) is 3.59. The molecule has 1 aromatic heterocycles. The normalized spacial score (nSPS) is 13.8. The summed E-state index contributed by atoms with van der Waals surface area (Å²) in [4.78, 5) is 23.4. The van der Waals surface area contributed by atoms with Gasteiger partial charge in [-0.1, -0.05) is 11.6 Å². The van der Waals surface area contributed by atoms with Crippen LogP contribution in [0.5, 0.6) is 0 Å². The standard InChI is InChI=1S/C17H19N3O3/c1-11(21)18-12-7-9-13(10-8-12)19-17(22)16-14-5-3-2-4-6-15(14)23-20-16/h7-10H,2-6H2,1H3,(H,18,21)(H,19,22). The van der Waals surface area contributed by atoms with Crippen molar-refractivity contribution in [2.45, 2.75) is 39.0 Å². The second-order valence-corrected chi connectivity index (χ2v) is 5.71. The first-order valence-corrected chi connectivity index (χ1v) is 7.80. The van der Waals surface area contributed by atoms with E-state index in [9.17, 15) is 9.59 Å². The minimum atomic E-state index is -0.260. The van der Waals surface area contributed by atoms with E-state index in [2.05, 4.69) is 15.8 Å². The van der Waals surface area contributed by atoms with E-state index < -0.39 is 0 Å². The Bertz CT molecular complexity index is 719. The molecule has 0 aliphatic heterocycles. The highest BCUT2D eigenvalue weighted by atomic mass is 16.5. The van der Waals surface area contributed by atoms with Crippen molar-refractivity contribution in [3.05, 3.63) is 41.3 Å². The van der Waals surface area contributed by atoms with Gasteiger partial charge in [-0.3, -0.25) is 9.59 Å². The van der Waals surface area contributed by atoms with E-state index in [0.717, 1.165) is 43.4 Å². The Kier molecular flexibility index (Phi) is 4.41. The van der Waals surface area contributed by atoms with E-state index >= 15 is 0 Å². The Morgan fingerprint density at radius 1 is 1.00 bits per heavy atom. The number of rotatable bonds is 3. The molecule has 1 aromatic carbocycles. The highest BCUT2D eigenvalue weighted by molar-refractivity contribution is 6.04. The molecular weight excluding hydrogens is 294 g/mol. The molecule has 1 aliphatic rings. The molecule has 6 nitrogen and oxygen atoms in total. The van der Waals surface area contributed by atoms with Crippen LogP contribution in [0, 0.1) is 0 Å². The number of nitrogens with zero attached hydrogens (tertiary/aromatic N) is 1. The lowest BCUT2D eigenvalue weighted by Crippen LogP contribution is -2.14. The van der Waals surface area contributed by atoms with Crippen LogP contribution in [0.25, 0.3) is 0 Å². The third-order valence-electron chi connectivity index (χ3n) is 3.88. The van der Waals surface area contributed by atoms with Gasteiger partial charge in [0.1, 0.15) is 5.76 Å². The predicted octanol–water partition coefficient (Wildman–Crippen LogP) is 3.15. The van der Waals surface area contributed by atoms with Crippen molar-refractivity contribution >= 4 is 23.2 Å². The van der Waals surface area contributed by atoms with Crippen LogP contribution >= 0.6 is 0 Å². The zero-order chi connectivity index (χ0) is 16.2. The molecule has 0 atom stereocenters. The Labute approximate surface area is 134 Å². The van der Waals surface area contributed by atoms with Crippen molar-refractivity contribution in [3.63, 3.8) is 0 Å². The number of benzene rings is 1. The van der Waals surface area contributed by atoms with Crippen molar-refractivity contribution in [3.8, 4) is 0 Å². The van der Waals surface area contributed by atoms with Crippen LogP contribution in [-0.4, -0.2) is 17.0 Å². The number of amides is 2. The summed E-state index contributed by atoms with van der Waals surface area (Å²) >= 11 is 0. The third-order valence-corrected chi connectivity index (χ3v) is 3.88. The first-order valence-electron chi connectivity index (χ1n) is 7.80. The summed E-state index contributed by atoms with van der Waals surface area (Å²) < 4.78 is 5.33. The summed E-state index contributed by atoms with van der Waals surface area (Å²) in [7, 11) is 0. The minimum absolute atomic E-state index is 0.132. The van der Waals surface area contributed by atoms with Crippen LogP contribution in [-0.2, 0) is 17.6 Å². The molecule has 1 heterocycles. The molecule has 0 saturated carbocycles. The molecule has 0 radical (unpaired) electrons. The highest BCUT2D eigenvalue weighted by Gasteiger charge is 2.23. The van der Waals surface area contributed by atoms with Gasteiger partial charge in [0.25, 0.3) is 5.91 Å². The van der Waals surface area contributed by atoms with Gasteiger partial charge in [-0.05, 0) is 43.5 Å². The van der Waals surface area contributed by atoms with Crippen molar-refractivity contribution in [2.75, 3.05) is 10.6 Å². The van der Waals surface area contributed by atoms with Crippen LogP contribution in [0.1, 0.15) is 48.0 Å². The maximum Gasteiger partial charge on any atom is 0.278 e. The first-order chi connectivity index (χ1) is 11.1. The molecule has 0 unspecified atom stereocenters. The average Bonchev–Trinajstić information content (AvgIpc) is 2.78. The van der Waals surface area contributed by atoms with Crippen LogP contribution in [0.3, 0.4) is 0 Å². The fourth-order valence-electron chi connectivity index (χ4n) is 2.77. The van der Waals surface area contributed by atoms with Gasteiger partial charge in [-0.15, -0.1) is 0 Å². The van der Waals surface area contributed by atoms with Crippen LogP contribution in [0.2, 0.25) is 0 Å². The van der Waals surface area contributed by atoms with Crippen molar-refractivity contribution in [2.24, 2.45) is 0 Å². The van der Waals surface area contributed by atoms with E-state index in [4.69, 9.17) is 4.52 Å². The summed E-state index contributed by atoms with van der Waals surface area (Å²) in [6.07, 6.45) is 4.97. The molecule has 3 rings (SSSR count). The number of nitrogens with one attached hydrogen (secondary N) is 2. The van der Waals surface area contributed by atoms with Crippen molar-refractivity contribution in [1.82, 2.24) is 5.16 Å². The first kappa shape index (κ1) is 15.3. The number of aromatic nitrogens is 1. The van der Waals surface area contributed by atoms with Crippen molar-refractivity contribution < 1.29 is 14.1 Å². The average molecular weight is 313 g/mol. The van der Waals surface area contributed by atoms with E-state index in [1.807, 2.05) is 0 Å². The van der Waals surface area contributed by atoms with E-state index in [-0.39, 0.29) is 11.8 Å². The molecule has 0 fully saturated rings. The number of anilines is 2. The monoisotopic (exact) mass is 313 g/mol. The quantitative estimate of drug-likeness (QED) is 0.853. The van der Waals surface area contributed by atoms with Gasteiger partial charge in [-0.25, -0.2) is 0 Å². The number of carbonyl (C=O) groups is 2. The molecule has 6 heteroatoms. The zero-order valence-corrected chi connectivity index (χ0v) is 13.0. The summed E-state index contributed by atoms with van der Waals surface area (Å²) in [6, 6.07) is 6.95. The van der Waals surface area contributed by atoms with Crippen LogP contribution in [0.4, 0.5) is 11.4 Å². The molecule has 0 spiro atoms. The second-order valence-electron chi connectivity index (χ2n) is 5.71. The van der Waals surface area contributed by atoms with Gasteiger partial charge in [0.15, 0.2) is 5.69 Å². The Hall–Kier alpha value is -2.63. The summed E-state index contributed by atoms with van der Waals surface area (Å²) in [6.45, 7) is 1.45. The lowest BCUT2D eigenvalue weighted by atomic mass is 10.1. The number of hydrogen-bond acceptors (Lipinski definition) is 4. The molecular formula is C17H19N3O3. The lowest BCUT2D eigenvalue weighted by Gasteiger charge is -2.06. The minimum Gasteiger partial charge on any atom is -0.360 e. The molecule has 1 aliphatic carbocycles. The fraction of sp³-hybridized carbons (Fsp3) is 0.353. The van der Waals surface area contributed by atoms with Gasteiger partial charge in [-0.2, -0.15) is 0 Å². The van der Waals surface area contributed by atoms with E-state index in [1.54, 1.807) is 24.3 Å². The molecule has 120 valence electrons. The molecule has 23 heavy (non-hydrogen) atoms. The number of carbonyl (C=O) groups excluding carboxylic acids is 2. The van der Waals surface area contributed by atoms with Gasteiger partial charge in [0.2, 0.25) is 5.91 Å². The van der Waals surface area contributed by atoms with E-state index in [1.165, 1.54) is 6.92 Å². The largest absolute Gasteiger partial charge is 0.360 e. The van der Waals surface area contributed by atoms with E-state index in [0.29, 0.717) is 17.1 Å². The number of fused-ring (bicyclic) bond motifs is 1. The van der Waals surface area contributed by atoms with Crippen LogP contribution < -0.4 is 10.6 Å². The maximum atomic E-state index is 12.4. The predicted molar refractivity (Wildman–Crippen MR) is 86.5 cm³/mol. The molecule has 0 saturated heterocycles. The Morgan fingerprint density at radius 3 is 2.35 bits per heavy atom. The Morgan fingerprint density at radius 2 is 1.65 bits per heavy atom. The SMILES string of the molecule is CC(=O)Nc1ccc(NC(=O)c2noc3c2CCCCC3)cc1. The van der Waals surface area contributed by atoms with Crippen LogP contribution in [0.15, 0.2) is 28.8 Å². The number of hydrogen-bond donors (Lipinski definition) is 2. The molecule has 2 aromatic rings. The van der Waals surface area contributed by atoms with Crippen molar-refractivity contribution in [1.29, 1.82) is 0 Å². The van der Waals surface area contributed by atoms with Gasteiger partial charge in [0.05, 0.1) is 0 Å². The molecule has 2 amide bonds. The smallest absolute Gasteiger partial charge is 0.278 e. The summed E-state index contributed by atoms with van der Waals surface area (Å²) in [5.74, 6) is 0.449. The van der Waals surface area contributed by atoms with Gasteiger partial charge in [0, 0.05) is 30.3 Å². The maximum absolute atomic E-state index is 12.4. The van der Waals surface area contributed by atoms with Gasteiger partial charge < -0.3 is 15.2 Å². The summed E-state index contributed by atoms with van der Waals surface area (Å²) in [5, 5.41) is 9.45. The topological polar surface area (TPSA) is 84.2 Å². The second kappa shape index (κ2) is 6.64. The number of aryl methyl sites for hydroxylation is 1. The fourth-order valence-corrected chi connectivity index (χ4v) is 2.77. The zero-order valence-electron chi connectivity index (χ0n) is 13.0. The Balaban J connectivity index is 1.72. The molecule has 0 bridgehead atoms. The molecule has 2 N–H and O–H groups in total. The lowest BCUT2D eigenvalue weighted by molar-refractivity contribution is -0.114.